The second-order valence-electron chi connectivity index (χ2n) is 5.11. The Morgan fingerprint density at radius 1 is 0.864 bits per heavy atom. The van der Waals surface area contributed by atoms with Crippen LogP contribution in [-0.2, 0) is 0 Å². The maximum atomic E-state index is 13.4. The van der Waals surface area contributed by atoms with Gasteiger partial charge in [-0.3, -0.25) is 4.98 Å². The van der Waals surface area contributed by atoms with Gasteiger partial charge in [-0.15, -0.1) is 11.3 Å². The normalized spacial score (nSPS) is 11.0. The van der Waals surface area contributed by atoms with E-state index in [-0.39, 0.29) is 5.82 Å². The lowest BCUT2D eigenvalue weighted by atomic mass is 10.0. The Bertz CT molecular complexity index is 944. The number of fused-ring (bicyclic) bond motifs is 1. The topological polar surface area (TPSA) is 12.9 Å². The first kappa shape index (κ1) is 13.2. The quantitative estimate of drug-likeness (QED) is 0.458. The molecule has 2 heterocycles. The summed E-state index contributed by atoms with van der Waals surface area (Å²) in [7, 11) is 0. The van der Waals surface area contributed by atoms with E-state index in [2.05, 4.69) is 28.6 Å². The van der Waals surface area contributed by atoms with Crippen LogP contribution in [0.5, 0.6) is 0 Å². The Kier molecular flexibility index (Phi) is 3.20. The average molecular weight is 305 g/mol. The van der Waals surface area contributed by atoms with Crippen LogP contribution in [0.3, 0.4) is 0 Å². The molecule has 0 fully saturated rings. The second-order valence-corrected chi connectivity index (χ2v) is 6.02. The maximum absolute atomic E-state index is 13.4. The van der Waals surface area contributed by atoms with Gasteiger partial charge in [0, 0.05) is 33.6 Å². The van der Waals surface area contributed by atoms with E-state index in [1.54, 1.807) is 29.7 Å². The van der Waals surface area contributed by atoms with Gasteiger partial charge in [-0.1, -0.05) is 30.3 Å². The molecule has 0 amide bonds. The van der Waals surface area contributed by atoms with Crippen molar-refractivity contribution >= 4 is 21.4 Å². The molecule has 0 radical (unpaired) electrons. The van der Waals surface area contributed by atoms with E-state index in [0.29, 0.717) is 0 Å². The summed E-state index contributed by atoms with van der Waals surface area (Å²) in [6, 6.07) is 17.0. The highest BCUT2D eigenvalue weighted by atomic mass is 32.1. The van der Waals surface area contributed by atoms with Crippen molar-refractivity contribution in [3.63, 3.8) is 0 Å². The smallest absolute Gasteiger partial charge is 0.123 e. The average Bonchev–Trinajstić information content (AvgIpc) is 2.99. The number of pyridine rings is 1. The molecule has 0 saturated carbocycles. The molecule has 0 saturated heterocycles. The molecule has 0 atom stereocenters. The standard InChI is InChI=1S/C19H12FNS/c20-16-5-1-3-13(9-16)14-6-7-17-18(12-22-19(17)10-14)15-4-2-8-21-11-15/h1-12H. The molecule has 2 aromatic carbocycles. The zero-order valence-electron chi connectivity index (χ0n) is 11.7. The molecule has 0 aliphatic heterocycles. The summed E-state index contributed by atoms with van der Waals surface area (Å²) in [6.45, 7) is 0. The number of aromatic nitrogens is 1. The second kappa shape index (κ2) is 5.35. The molecule has 0 unspecified atom stereocenters. The summed E-state index contributed by atoms with van der Waals surface area (Å²) in [6.07, 6.45) is 3.65. The number of benzene rings is 2. The van der Waals surface area contributed by atoms with E-state index in [1.165, 1.54) is 21.7 Å². The summed E-state index contributed by atoms with van der Waals surface area (Å²) >= 11 is 1.70. The van der Waals surface area contributed by atoms with Gasteiger partial charge in [-0.2, -0.15) is 0 Å². The lowest BCUT2D eigenvalue weighted by molar-refractivity contribution is 0.628. The lowest BCUT2D eigenvalue weighted by Gasteiger charge is -2.03. The fraction of sp³-hybridized carbons (Fsp3) is 0. The molecular formula is C19H12FNS. The monoisotopic (exact) mass is 305 g/mol. The molecule has 106 valence electrons. The molecule has 0 aliphatic rings. The van der Waals surface area contributed by atoms with Gasteiger partial charge < -0.3 is 0 Å². The van der Waals surface area contributed by atoms with Gasteiger partial charge in [-0.25, -0.2) is 4.39 Å². The van der Waals surface area contributed by atoms with Gasteiger partial charge in [0.15, 0.2) is 0 Å². The van der Waals surface area contributed by atoms with Crippen molar-refractivity contribution in [2.75, 3.05) is 0 Å². The van der Waals surface area contributed by atoms with E-state index in [9.17, 15) is 4.39 Å². The van der Waals surface area contributed by atoms with Gasteiger partial charge >= 0.3 is 0 Å². The fourth-order valence-corrected chi connectivity index (χ4v) is 3.63. The first-order valence-electron chi connectivity index (χ1n) is 6.99. The highest BCUT2D eigenvalue weighted by Gasteiger charge is 2.08. The third-order valence-electron chi connectivity index (χ3n) is 3.71. The first-order valence-corrected chi connectivity index (χ1v) is 7.87. The van der Waals surface area contributed by atoms with Crippen molar-refractivity contribution in [2.24, 2.45) is 0 Å². The third-order valence-corrected chi connectivity index (χ3v) is 4.65. The van der Waals surface area contributed by atoms with Gasteiger partial charge in [-0.05, 0) is 40.8 Å². The molecule has 4 rings (SSSR count). The molecule has 0 bridgehead atoms. The number of hydrogen-bond acceptors (Lipinski definition) is 2. The Balaban J connectivity index is 1.84. The van der Waals surface area contributed by atoms with Gasteiger partial charge in [0.2, 0.25) is 0 Å². The third kappa shape index (κ3) is 2.30. The van der Waals surface area contributed by atoms with E-state index in [0.717, 1.165) is 16.7 Å². The molecule has 1 nitrogen and oxygen atoms in total. The Morgan fingerprint density at radius 3 is 2.55 bits per heavy atom. The summed E-state index contributed by atoms with van der Waals surface area (Å²) in [4.78, 5) is 4.19. The Hall–Kier alpha value is -2.52. The highest BCUT2D eigenvalue weighted by Crippen LogP contribution is 2.36. The molecule has 0 N–H and O–H groups in total. The molecule has 2 aromatic heterocycles. The van der Waals surface area contributed by atoms with E-state index < -0.39 is 0 Å². The SMILES string of the molecule is Fc1cccc(-c2ccc3c(-c4cccnc4)csc3c2)c1. The largest absolute Gasteiger partial charge is 0.264 e. The number of hydrogen-bond donors (Lipinski definition) is 0. The van der Waals surface area contributed by atoms with Crippen LogP contribution in [0.1, 0.15) is 0 Å². The number of thiophene rings is 1. The van der Waals surface area contributed by atoms with E-state index in [4.69, 9.17) is 0 Å². The van der Waals surface area contributed by atoms with Gasteiger partial charge in [0.25, 0.3) is 0 Å². The molecular weight excluding hydrogens is 293 g/mol. The fourth-order valence-electron chi connectivity index (χ4n) is 2.62. The summed E-state index contributed by atoms with van der Waals surface area (Å²) < 4.78 is 14.6. The minimum atomic E-state index is -0.208. The van der Waals surface area contributed by atoms with E-state index in [1.807, 2.05) is 24.4 Å². The van der Waals surface area contributed by atoms with Crippen LogP contribution in [0, 0.1) is 5.82 Å². The zero-order valence-corrected chi connectivity index (χ0v) is 12.5. The summed E-state index contributed by atoms with van der Waals surface area (Å²) in [5.74, 6) is -0.208. The molecule has 0 aliphatic carbocycles. The summed E-state index contributed by atoms with van der Waals surface area (Å²) in [5.41, 5.74) is 4.25. The molecule has 4 aromatic rings. The Labute approximate surface area is 131 Å². The summed E-state index contributed by atoms with van der Waals surface area (Å²) in [5, 5.41) is 3.36. The molecule has 3 heteroatoms. The van der Waals surface area contributed by atoms with Crippen LogP contribution < -0.4 is 0 Å². The predicted molar refractivity (Wildman–Crippen MR) is 90.5 cm³/mol. The van der Waals surface area contributed by atoms with Crippen LogP contribution in [0.15, 0.2) is 72.4 Å². The first-order chi connectivity index (χ1) is 10.8. The van der Waals surface area contributed by atoms with Crippen molar-refractivity contribution < 1.29 is 4.39 Å². The lowest BCUT2D eigenvalue weighted by Crippen LogP contribution is -1.80. The van der Waals surface area contributed by atoms with Crippen molar-refractivity contribution in [3.05, 3.63) is 78.2 Å². The number of rotatable bonds is 2. The minimum absolute atomic E-state index is 0.208. The maximum Gasteiger partial charge on any atom is 0.123 e. The van der Waals surface area contributed by atoms with Gasteiger partial charge in [0.05, 0.1) is 0 Å². The number of nitrogens with zero attached hydrogens (tertiary/aromatic N) is 1. The number of halogens is 1. The molecule has 0 spiro atoms. The van der Waals surface area contributed by atoms with Crippen LogP contribution >= 0.6 is 11.3 Å². The highest BCUT2D eigenvalue weighted by molar-refractivity contribution is 7.17. The van der Waals surface area contributed by atoms with Crippen molar-refractivity contribution in [1.82, 2.24) is 4.98 Å². The van der Waals surface area contributed by atoms with Gasteiger partial charge in [0.1, 0.15) is 5.82 Å². The molecule has 22 heavy (non-hydrogen) atoms. The van der Waals surface area contributed by atoms with Crippen LogP contribution in [0.2, 0.25) is 0 Å². The minimum Gasteiger partial charge on any atom is -0.264 e. The van der Waals surface area contributed by atoms with Crippen LogP contribution in [-0.4, -0.2) is 4.98 Å². The van der Waals surface area contributed by atoms with Crippen molar-refractivity contribution in [3.8, 4) is 22.3 Å². The predicted octanol–water partition coefficient (Wildman–Crippen LogP) is 5.77. The van der Waals surface area contributed by atoms with Crippen LogP contribution in [0.4, 0.5) is 4.39 Å². The van der Waals surface area contributed by atoms with Crippen molar-refractivity contribution in [2.45, 2.75) is 0 Å². The van der Waals surface area contributed by atoms with E-state index >= 15 is 0 Å². The van der Waals surface area contributed by atoms with Crippen LogP contribution in [0.25, 0.3) is 32.3 Å². The Morgan fingerprint density at radius 2 is 1.73 bits per heavy atom. The zero-order chi connectivity index (χ0) is 14.9. The van der Waals surface area contributed by atoms with Crippen molar-refractivity contribution in [1.29, 1.82) is 0 Å².